The van der Waals surface area contributed by atoms with Gasteiger partial charge in [-0.15, -0.1) is 0 Å². The molecule has 0 radical (unpaired) electrons. The Morgan fingerprint density at radius 3 is 2.14 bits per heavy atom. The van der Waals surface area contributed by atoms with Crippen molar-refractivity contribution in [1.82, 2.24) is 0 Å². The van der Waals surface area contributed by atoms with Crippen molar-refractivity contribution in [2.45, 2.75) is 41.0 Å². The second kappa shape index (κ2) is 3.95. The number of aryl methyl sites for hydroxylation is 1. The molecule has 76 valence electrons. The van der Waals surface area contributed by atoms with E-state index >= 15 is 0 Å². The maximum Gasteiger partial charge on any atom is 0.134 e. The third-order valence-electron chi connectivity index (χ3n) is 3.03. The summed E-state index contributed by atoms with van der Waals surface area (Å²) in [6.07, 6.45) is 0.563. The van der Waals surface area contributed by atoms with Crippen LogP contribution in [0.25, 0.3) is 0 Å². The molecule has 0 aliphatic rings. The largest absolute Gasteiger partial charge is 0.300 e. The standard InChI is InChI=1S/C13H18O/c1-8-6-13(7-9(2)14)12(5)11(4)10(8)3/h6H,7H2,1-5H3. The summed E-state index contributed by atoms with van der Waals surface area (Å²) in [6.45, 7) is 10.1. The summed E-state index contributed by atoms with van der Waals surface area (Å²) in [4.78, 5) is 11.1. The fraction of sp³-hybridized carbons (Fsp3) is 0.462. The molecule has 0 saturated heterocycles. The summed E-state index contributed by atoms with van der Waals surface area (Å²) in [5.41, 5.74) is 6.39. The van der Waals surface area contributed by atoms with E-state index in [1.807, 2.05) is 0 Å². The van der Waals surface area contributed by atoms with Crippen LogP contribution in [-0.2, 0) is 11.2 Å². The van der Waals surface area contributed by atoms with Gasteiger partial charge in [-0.1, -0.05) is 6.07 Å². The Morgan fingerprint density at radius 2 is 1.64 bits per heavy atom. The highest BCUT2D eigenvalue weighted by Gasteiger charge is 2.08. The van der Waals surface area contributed by atoms with Crippen LogP contribution in [0.3, 0.4) is 0 Å². The SMILES string of the molecule is CC(=O)Cc1cc(C)c(C)c(C)c1C. The van der Waals surface area contributed by atoms with Crippen molar-refractivity contribution in [3.8, 4) is 0 Å². The molecule has 0 heterocycles. The fourth-order valence-electron chi connectivity index (χ4n) is 1.75. The Morgan fingerprint density at radius 1 is 1.07 bits per heavy atom. The zero-order valence-electron chi connectivity index (χ0n) is 9.69. The summed E-state index contributed by atoms with van der Waals surface area (Å²) in [5.74, 6) is 0.232. The molecule has 0 unspecified atom stereocenters. The molecule has 0 bridgehead atoms. The molecule has 1 aromatic carbocycles. The number of carbonyl (C=O) groups is 1. The first-order valence-electron chi connectivity index (χ1n) is 4.99. The van der Waals surface area contributed by atoms with E-state index in [1.165, 1.54) is 27.8 Å². The van der Waals surface area contributed by atoms with Gasteiger partial charge < -0.3 is 0 Å². The summed E-state index contributed by atoms with van der Waals surface area (Å²) in [5, 5.41) is 0. The topological polar surface area (TPSA) is 17.1 Å². The molecule has 0 atom stereocenters. The van der Waals surface area contributed by atoms with Gasteiger partial charge in [0.05, 0.1) is 0 Å². The molecule has 1 aromatic rings. The average molecular weight is 190 g/mol. The zero-order valence-corrected chi connectivity index (χ0v) is 9.69. The minimum Gasteiger partial charge on any atom is -0.300 e. The van der Waals surface area contributed by atoms with E-state index in [2.05, 4.69) is 33.8 Å². The highest BCUT2D eigenvalue weighted by atomic mass is 16.1. The first kappa shape index (κ1) is 11.0. The minimum absolute atomic E-state index is 0.232. The van der Waals surface area contributed by atoms with Crippen LogP contribution in [0, 0.1) is 27.7 Å². The van der Waals surface area contributed by atoms with E-state index in [9.17, 15) is 4.79 Å². The highest BCUT2D eigenvalue weighted by Crippen LogP contribution is 2.21. The average Bonchev–Trinajstić information content (AvgIpc) is 2.10. The van der Waals surface area contributed by atoms with Crippen LogP contribution in [0.1, 0.15) is 34.7 Å². The van der Waals surface area contributed by atoms with Gasteiger partial charge in [0.1, 0.15) is 5.78 Å². The molecule has 14 heavy (non-hydrogen) atoms. The van der Waals surface area contributed by atoms with Crippen molar-refractivity contribution in [3.63, 3.8) is 0 Å². The molecular formula is C13H18O. The number of benzene rings is 1. The maximum atomic E-state index is 11.1. The van der Waals surface area contributed by atoms with Crippen LogP contribution in [0.2, 0.25) is 0 Å². The van der Waals surface area contributed by atoms with E-state index in [-0.39, 0.29) is 5.78 Å². The van der Waals surface area contributed by atoms with Crippen molar-refractivity contribution < 1.29 is 4.79 Å². The molecule has 0 N–H and O–H groups in total. The van der Waals surface area contributed by atoms with Crippen LogP contribution in [0.5, 0.6) is 0 Å². The Bertz CT molecular complexity index is 375. The lowest BCUT2D eigenvalue weighted by Gasteiger charge is -2.13. The third kappa shape index (κ3) is 2.03. The Balaban J connectivity index is 3.25. The van der Waals surface area contributed by atoms with Crippen LogP contribution in [0.15, 0.2) is 6.07 Å². The van der Waals surface area contributed by atoms with E-state index < -0.39 is 0 Å². The quantitative estimate of drug-likeness (QED) is 0.700. The Labute approximate surface area is 86.1 Å². The van der Waals surface area contributed by atoms with Crippen LogP contribution >= 0.6 is 0 Å². The van der Waals surface area contributed by atoms with Crippen molar-refractivity contribution >= 4 is 5.78 Å². The van der Waals surface area contributed by atoms with Crippen molar-refractivity contribution in [2.24, 2.45) is 0 Å². The zero-order chi connectivity index (χ0) is 10.9. The van der Waals surface area contributed by atoms with E-state index in [1.54, 1.807) is 6.92 Å². The van der Waals surface area contributed by atoms with Gasteiger partial charge in [0, 0.05) is 6.42 Å². The van der Waals surface area contributed by atoms with Crippen LogP contribution in [-0.4, -0.2) is 5.78 Å². The maximum absolute atomic E-state index is 11.1. The number of rotatable bonds is 2. The van der Waals surface area contributed by atoms with E-state index in [4.69, 9.17) is 0 Å². The van der Waals surface area contributed by atoms with Gasteiger partial charge in [-0.2, -0.15) is 0 Å². The van der Waals surface area contributed by atoms with Gasteiger partial charge in [-0.3, -0.25) is 4.79 Å². The number of hydrogen-bond acceptors (Lipinski definition) is 1. The van der Waals surface area contributed by atoms with Crippen LogP contribution in [0.4, 0.5) is 0 Å². The molecule has 0 saturated carbocycles. The van der Waals surface area contributed by atoms with Gasteiger partial charge in [0.2, 0.25) is 0 Å². The molecule has 0 amide bonds. The number of hydrogen-bond donors (Lipinski definition) is 0. The number of carbonyl (C=O) groups excluding carboxylic acids is 1. The van der Waals surface area contributed by atoms with Crippen molar-refractivity contribution in [1.29, 1.82) is 0 Å². The summed E-state index contributed by atoms with van der Waals surface area (Å²) >= 11 is 0. The molecule has 1 nitrogen and oxygen atoms in total. The first-order chi connectivity index (χ1) is 6.43. The highest BCUT2D eigenvalue weighted by molar-refractivity contribution is 5.78. The molecule has 0 spiro atoms. The van der Waals surface area contributed by atoms with Gasteiger partial charge in [-0.25, -0.2) is 0 Å². The molecule has 0 aliphatic carbocycles. The molecular weight excluding hydrogens is 172 g/mol. The van der Waals surface area contributed by atoms with Gasteiger partial charge in [0.15, 0.2) is 0 Å². The van der Waals surface area contributed by atoms with E-state index in [0.717, 1.165) is 0 Å². The Kier molecular flexibility index (Phi) is 3.10. The van der Waals surface area contributed by atoms with Crippen LogP contribution < -0.4 is 0 Å². The van der Waals surface area contributed by atoms with E-state index in [0.29, 0.717) is 6.42 Å². The monoisotopic (exact) mass is 190 g/mol. The fourth-order valence-corrected chi connectivity index (χ4v) is 1.75. The first-order valence-corrected chi connectivity index (χ1v) is 4.99. The van der Waals surface area contributed by atoms with Gasteiger partial charge >= 0.3 is 0 Å². The normalized spacial score (nSPS) is 10.4. The molecule has 0 aliphatic heterocycles. The lowest BCUT2D eigenvalue weighted by Crippen LogP contribution is -2.02. The van der Waals surface area contributed by atoms with Crippen molar-refractivity contribution in [2.75, 3.05) is 0 Å². The molecule has 0 fully saturated rings. The summed E-state index contributed by atoms with van der Waals surface area (Å²) in [7, 11) is 0. The predicted molar refractivity (Wildman–Crippen MR) is 59.8 cm³/mol. The van der Waals surface area contributed by atoms with Crippen molar-refractivity contribution in [3.05, 3.63) is 33.9 Å². The Hall–Kier alpha value is -1.11. The third-order valence-corrected chi connectivity index (χ3v) is 3.03. The predicted octanol–water partition coefficient (Wildman–Crippen LogP) is 3.05. The lowest BCUT2D eigenvalue weighted by molar-refractivity contribution is -0.116. The molecule has 1 heteroatoms. The second-order valence-corrected chi connectivity index (χ2v) is 4.11. The minimum atomic E-state index is 0.232. The second-order valence-electron chi connectivity index (χ2n) is 4.11. The lowest BCUT2D eigenvalue weighted by atomic mass is 9.92. The smallest absolute Gasteiger partial charge is 0.134 e. The van der Waals surface area contributed by atoms with Gasteiger partial charge in [-0.05, 0) is 62.4 Å². The summed E-state index contributed by atoms with van der Waals surface area (Å²) in [6, 6.07) is 2.14. The molecule has 1 rings (SSSR count). The number of Topliss-reactive ketones (excluding diaryl/α,β-unsaturated/α-hetero) is 1. The number of ketones is 1. The summed E-state index contributed by atoms with van der Waals surface area (Å²) < 4.78 is 0. The van der Waals surface area contributed by atoms with Gasteiger partial charge in [0.25, 0.3) is 0 Å². The molecule has 0 aromatic heterocycles.